The monoisotopic (exact) mass is 378 g/mol. The van der Waals surface area contributed by atoms with Crippen molar-refractivity contribution in [2.75, 3.05) is 11.6 Å². The number of amides is 3. The predicted molar refractivity (Wildman–Crippen MR) is 109 cm³/mol. The SMILES string of the molecule is CCCCCC(=O)N(CN1C(=O)c2ccccc2C1=O)c1cc(C)ccc1C. The third-order valence-corrected chi connectivity index (χ3v) is 5.11. The van der Waals surface area contributed by atoms with Gasteiger partial charge >= 0.3 is 0 Å². The van der Waals surface area contributed by atoms with Gasteiger partial charge in [-0.1, -0.05) is 44.0 Å². The third kappa shape index (κ3) is 3.84. The molecule has 1 aliphatic heterocycles. The van der Waals surface area contributed by atoms with Crippen LogP contribution < -0.4 is 4.90 Å². The summed E-state index contributed by atoms with van der Waals surface area (Å²) in [5.41, 5.74) is 3.50. The molecule has 3 amide bonds. The lowest BCUT2D eigenvalue weighted by molar-refractivity contribution is -0.119. The van der Waals surface area contributed by atoms with Crippen LogP contribution in [0.1, 0.15) is 64.4 Å². The van der Waals surface area contributed by atoms with Gasteiger partial charge in [0.15, 0.2) is 0 Å². The zero-order valence-corrected chi connectivity index (χ0v) is 16.7. The number of carbonyl (C=O) groups excluding carboxylic acids is 3. The Kier molecular flexibility index (Phi) is 5.93. The predicted octanol–water partition coefficient (Wildman–Crippen LogP) is 4.47. The number of rotatable bonds is 7. The van der Waals surface area contributed by atoms with Gasteiger partial charge in [-0.3, -0.25) is 24.2 Å². The minimum Gasteiger partial charge on any atom is -0.293 e. The molecule has 0 atom stereocenters. The molecular weight excluding hydrogens is 352 g/mol. The molecule has 1 aliphatic rings. The van der Waals surface area contributed by atoms with Crippen LogP contribution in [-0.4, -0.2) is 29.3 Å². The lowest BCUT2D eigenvalue weighted by Crippen LogP contribution is -2.44. The van der Waals surface area contributed by atoms with E-state index in [0.717, 1.165) is 36.1 Å². The average Bonchev–Trinajstić information content (AvgIpc) is 2.93. The summed E-state index contributed by atoms with van der Waals surface area (Å²) >= 11 is 0. The summed E-state index contributed by atoms with van der Waals surface area (Å²) < 4.78 is 0. The van der Waals surface area contributed by atoms with E-state index in [2.05, 4.69) is 6.92 Å². The zero-order valence-electron chi connectivity index (χ0n) is 16.7. The van der Waals surface area contributed by atoms with Gasteiger partial charge in [-0.25, -0.2) is 0 Å². The summed E-state index contributed by atoms with van der Waals surface area (Å²) in [6, 6.07) is 12.7. The number of unbranched alkanes of at least 4 members (excludes halogenated alkanes) is 2. The second-order valence-electron chi connectivity index (χ2n) is 7.29. The van der Waals surface area contributed by atoms with E-state index in [1.807, 2.05) is 32.0 Å². The molecule has 28 heavy (non-hydrogen) atoms. The number of benzene rings is 2. The van der Waals surface area contributed by atoms with Crippen molar-refractivity contribution in [2.45, 2.75) is 46.5 Å². The van der Waals surface area contributed by atoms with Gasteiger partial charge in [0.1, 0.15) is 6.67 Å². The van der Waals surface area contributed by atoms with Crippen LogP contribution in [0.5, 0.6) is 0 Å². The second kappa shape index (κ2) is 8.38. The molecular formula is C23H26N2O3. The van der Waals surface area contributed by atoms with Gasteiger partial charge in [-0.05, 0) is 49.6 Å². The molecule has 0 N–H and O–H groups in total. The smallest absolute Gasteiger partial charge is 0.263 e. The largest absolute Gasteiger partial charge is 0.293 e. The van der Waals surface area contributed by atoms with E-state index in [0.29, 0.717) is 17.5 Å². The van der Waals surface area contributed by atoms with E-state index in [9.17, 15) is 14.4 Å². The first-order valence-electron chi connectivity index (χ1n) is 9.77. The fraction of sp³-hybridized carbons (Fsp3) is 0.348. The van der Waals surface area contributed by atoms with Crippen LogP contribution in [0, 0.1) is 13.8 Å². The summed E-state index contributed by atoms with van der Waals surface area (Å²) in [5, 5.41) is 0. The maximum Gasteiger partial charge on any atom is 0.263 e. The highest BCUT2D eigenvalue weighted by Crippen LogP contribution is 2.27. The van der Waals surface area contributed by atoms with Gasteiger partial charge in [0, 0.05) is 12.1 Å². The summed E-state index contributed by atoms with van der Waals surface area (Å²) in [6.45, 7) is 5.92. The second-order valence-corrected chi connectivity index (χ2v) is 7.29. The first-order valence-corrected chi connectivity index (χ1v) is 9.77. The van der Waals surface area contributed by atoms with Crippen LogP contribution in [-0.2, 0) is 4.79 Å². The Labute approximate surface area is 166 Å². The normalized spacial score (nSPS) is 13.0. The van der Waals surface area contributed by atoms with Crippen LogP contribution in [0.2, 0.25) is 0 Å². The Morgan fingerprint density at radius 3 is 2.21 bits per heavy atom. The van der Waals surface area contributed by atoms with E-state index >= 15 is 0 Å². The highest BCUT2D eigenvalue weighted by Gasteiger charge is 2.37. The fourth-order valence-corrected chi connectivity index (χ4v) is 3.47. The number of nitrogens with zero attached hydrogens (tertiary/aromatic N) is 2. The van der Waals surface area contributed by atoms with Crippen molar-refractivity contribution in [1.29, 1.82) is 0 Å². The summed E-state index contributed by atoms with van der Waals surface area (Å²) in [7, 11) is 0. The molecule has 146 valence electrons. The molecule has 1 heterocycles. The highest BCUT2D eigenvalue weighted by atomic mass is 16.2. The van der Waals surface area contributed by atoms with Crippen LogP contribution in [0.3, 0.4) is 0 Å². The van der Waals surface area contributed by atoms with E-state index in [4.69, 9.17) is 0 Å². The first-order chi connectivity index (χ1) is 13.4. The van der Waals surface area contributed by atoms with Gasteiger partial charge in [0.2, 0.25) is 5.91 Å². The molecule has 2 aromatic rings. The number of hydrogen-bond donors (Lipinski definition) is 0. The van der Waals surface area contributed by atoms with Crippen LogP contribution in [0.4, 0.5) is 5.69 Å². The van der Waals surface area contributed by atoms with Crippen LogP contribution >= 0.6 is 0 Å². The number of aryl methyl sites for hydroxylation is 2. The van der Waals surface area contributed by atoms with Gasteiger partial charge in [0.05, 0.1) is 11.1 Å². The molecule has 0 fully saturated rings. The Morgan fingerprint density at radius 1 is 0.964 bits per heavy atom. The van der Waals surface area contributed by atoms with Crippen molar-refractivity contribution in [3.8, 4) is 0 Å². The third-order valence-electron chi connectivity index (χ3n) is 5.11. The van der Waals surface area contributed by atoms with Crippen molar-refractivity contribution in [2.24, 2.45) is 0 Å². The molecule has 2 aromatic carbocycles. The Balaban J connectivity index is 1.92. The van der Waals surface area contributed by atoms with E-state index in [1.54, 1.807) is 29.2 Å². The van der Waals surface area contributed by atoms with Crippen LogP contribution in [0.15, 0.2) is 42.5 Å². The topological polar surface area (TPSA) is 57.7 Å². The highest BCUT2D eigenvalue weighted by molar-refractivity contribution is 6.21. The van der Waals surface area contributed by atoms with Crippen molar-refractivity contribution in [3.05, 3.63) is 64.7 Å². The number of carbonyl (C=O) groups is 3. The van der Waals surface area contributed by atoms with Crippen molar-refractivity contribution in [1.82, 2.24) is 4.90 Å². The van der Waals surface area contributed by atoms with Gasteiger partial charge in [0.25, 0.3) is 11.8 Å². The lowest BCUT2D eigenvalue weighted by Gasteiger charge is -2.28. The molecule has 0 radical (unpaired) electrons. The number of fused-ring (bicyclic) bond motifs is 1. The summed E-state index contributed by atoms with van der Waals surface area (Å²) in [5.74, 6) is -0.770. The molecule has 0 aliphatic carbocycles. The van der Waals surface area contributed by atoms with Crippen molar-refractivity contribution < 1.29 is 14.4 Å². The van der Waals surface area contributed by atoms with Gasteiger partial charge in [-0.15, -0.1) is 0 Å². The Hall–Kier alpha value is -2.95. The maximum absolute atomic E-state index is 13.0. The molecule has 5 nitrogen and oxygen atoms in total. The lowest BCUT2D eigenvalue weighted by atomic mass is 10.1. The molecule has 0 saturated heterocycles. The van der Waals surface area contributed by atoms with E-state index < -0.39 is 0 Å². The van der Waals surface area contributed by atoms with Crippen molar-refractivity contribution in [3.63, 3.8) is 0 Å². The molecule has 3 rings (SSSR count). The fourth-order valence-electron chi connectivity index (χ4n) is 3.47. The van der Waals surface area contributed by atoms with Gasteiger partial charge < -0.3 is 0 Å². The maximum atomic E-state index is 13.0. The molecule has 5 heteroatoms. The summed E-state index contributed by atoms with van der Waals surface area (Å²) in [4.78, 5) is 41.3. The van der Waals surface area contributed by atoms with E-state index in [1.165, 1.54) is 4.90 Å². The molecule has 0 aromatic heterocycles. The Morgan fingerprint density at radius 2 is 1.61 bits per heavy atom. The Bertz CT molecular complexity index is 885. The molecule has 0 unspecified atom stereocenters. The van der Waals surface area contributed by atoms with Crippen LogP contribution in [0.25, 0.3) is 0 Å². The first kappa shape index (κ1) is 19.8. The van der Waals surface area contributed by atoms with E-state index in [-0.39, 0.29) is 24.4 Å². The number of imide groups is 1. The standard InChI is InChI=1S/C23H26N2O3/c1-4-5-6-11-21(26)24(20-14-16(2)12-13-17(20)3)15-25-22(27)18-9-7-8-10-19(18)23(25)28/h7-10,12-14H,4-6,11,15H2,1-3H3. The molecule has 0 saturated carbocycles. The minimum atomic E-state index is -0.350. The quantitative estimate of drug-likeness (QED) is 0.528. The number of anilines is 1. The van der Waals surface area contributed by atoms with Gasteiger partial charge in [-0.2, -0.15) is 0 Å². The number of hydrogen-bond acceptors (Lipinski definition) is 3. The zero-order chi connectivity index (χ0) is 20.3. The minimum absolute atomic E-state index is 0.0679. The van der Waals surface area contributed by atoms with Crippen molar-refractivity contribution >= 4 is 23.4 Å². The molecule has 0 spiro atoms. The molecule has 0 bridgehead atoms. The summed E-state index contributed by atoms with van der Waals surface area (Å²) in [6.07, 6.45) is 3.18. The average molecular weight is 378 g/mol.